The van der Waals surface area contributed by atoms with Crippen LogP contribution in [0, 0.1) is 6.92 Å². The molecule has 0 atom stereocenters. The molecule has 0 saturated carbocycles. The molecule has 7 nitrogen and oxygen atoms in total. The highest BCUT2D eigenvalue weighted by molar-refractivity contribution is 6.07. The summed E-state index contributed by atoms with van der Waals surface area (Å²) >= 11 is 0. The molecule has 1 N–H and O–H groups in total. The van der Waals surface area contributed by atoms with Crippen LogP contribution in [0.3, 0.4) is 0 Å². The Bertz CT molecular complexity index is 1270. The maximum Gasteiger partial charge on any atom is 0.265 e. The SMILES string of the molecule is Cc1ccc(C(=O)N2CCc3cc(CNC(=O)CN4C(=O)COc5ccccc54)ccc32)cc1. The molecule has 0 bridgehead atoms. The highest BCUT2D eigenvalue weighted by Crippen LogP contribution is 2.32. The number of ether oxygens (including phenoxy) is 1. The lowest BCUT2D eigenvalue weighted by atomic mass is 10.1. The predicted octanol–water partition coefficient (Wildman–Crippen LogP) is 3.24. The number of rotatable bonds is 5. The zero-order chi connectivity index (χ0) is 23.7. The van der Waals surface area contributed by atoms with E-state index in [2.05, 4.69) is 5.32 Å². The van der Waals surface area contributed by atoms with E-state index in [4.69, 9.17) is 4.74 Å². The Morgan fingerprint density at radius 2 is 1.79 bits per heavy atom. The number of nitrogens with one attached hydrogen (secondary N) is 1. The zero-order valence-electron chi connectivity index (χ0n) is 18.9. The lowest BCUT2D eigenvalue weighted by Gasteiger charge is -2.28. The summed E-state index contributed by atoms with van der Waals surface area (Å²) in [6.07, 6.45) is 0.772. The van der Waals surface area contributed by atoms with Crippen LogP contribution in [0.25, 0.3) is 0 Å². The van der Waals surface area contributed by atoms with E-state index < -0.39 is 0 Å². The number of hydrogen-bond donors (Lipinski definition) is 1. The molecular formula is C27H25N3O4. The highest BCUT2D eigenvalue weighted by atomic mass is 16.5. The van der Waals surface area contributed by atoms with Gasteiger partial charge in [-0.15, -0.1) is 0 Å². The monoisotopic (exact) mass is 455 g/mol. The molecule has 0 radical (unpaired) electrons. The minimum Gasteiger partial charge on any atom is -0.482 e. The highest BCUT2D eigenvalue weighted by Gasteiger charge is 2.28. The molecule has 0 unspecified atom stereocenters. The number of carbonyl (C=O) groups is 3. The molecule has 0 aliphatic carbocycles. The normalized spacial score (nSPS) is 14.3. The van der Waals surface area contributed by atoms with Crippen LogP contribution in [0.2, 0.25) is 0 Å². The molecule has 3 aromatic rings. The molecule has 2 aliphatic heterocycles. The minimum absolute atomic E-state index is 0.00439. The molecule has 0 fully saturated rings. The van der Waals surface area contributed by atoms with E-state index in [0.717, 1.165) is 28.8 Å². The van der Waals surface area contributed by atoms with E-state index >= 15 is 0 Å². The Morgan fingerprint density at radius 3 is 2.62 bits per heavy atom. The van der Waals surface area contributed by atoms with E-state index in [1.54, 1.807) is 12.1 Å². The topological polar surface area (TPSA) is 79.0 Å². The second-order valence-corrected chi connectivity index (χ2v) is 8.55. The lowest BCUT2D eigenvalue weighted by Crippen LogP contribution is -2.45. The van der Waals surface area contributed by atoms with Gasteiger partial charge in [0.2, 0.25) is 5.91 Å². The summed E-state index contributed by atoms with van der Waals surface area (Å²) in [5.74, 6) is 0.0972. The van der Waals surface area contributed by atoms with Crippen LogP contribution in [-0.2, 0) is 22.6 Å². The summed E-state index contributed by atoms with van der Waals surface area (Å²) in [4.78, 5) is 41.1. The second kappa shape index (κ2) is 9.02. The number of nitrogens with zero attached hydrogens (tertiary/aromatic N) is 2. The molecule has 3 aromatic carbocycles. The standard InChI is InChI=1S/C27H25N3O4/c1-18-6-9-20(10-7-18)27(33)29-13-12-21-14-19(8-11-22(21)29)15-28-25(31)16-30-23-4-2-3-5-24(23)34-17-26(30)32/h2-11,14H,12-13,15-17H2,1H3,(H,28,31). The van der Waals surface area contributed by atoms with Gasteiger partial charge in [-0.1, -0.05) is 42.0 Å². The Labute approximate surface area is 197 Å². The maximum atomic E-state index is 13.0. The van der Waals surface area contributed by atoms with Crippen LogP contribution >= 0.6 is 0 Å². The molecule has 2 heterocycles. The van der Waals surface area contributed by atoms with Crippen LogP contribution < -0.4 is 19.9 Å². The summed E-state index contributed by atoms with van der Waals surface area (Å²) in [5, 5.41) is 2.90. The van der Waals surface area contributed by atoms with E-state index in [1.165, 1.54) is 4.90 Å². The number of carbonyl (C=O) groups excluding carboxylic acids is 3. The van der Waals surface area contributed by atoms with Gasteiger partial charge >= 0.3 is 0 Å². The average Bonchev–Trinajstić information content (AvgIpc) is 3.28. The van der Waals surface area contributed by atoms with Crippen molar-refractivity contribution in [2.75, 3.05) is 29.5 Å². The molecule has 2 aliphatic rings. The van der Waals surface area contributed by atoms with E-state index in [-0.39, 0.29) is 30.9 Å². The van der Waals surface area contributed by atoms with Crippen molar-refractivity contribution in [2.45, 2.75) is 19.9 Å². The summed E-state index contributed by atoms with van der Waals surface area (Å²) < 4.78 is 5.43. The molecule has 3 amide bonds. The first-order valence-corrected chi connectivity index (χ1v) is 11.3. The zero-order valence-corrected chi connectivity index (χ0v) is 18.9. The third-order valence-electron chi connectivity index (χ3n) is 6.18. The van der Waals surface area contributed by atoms with E-state index in [1.807, 2.05) is 66.4 Å². The number of anilines is 2. The van der Waals surface area contributed by atoms with Crippen molar-refractivity contribution in [1.82, 2.24) is 5.32 Å². The smallest absolute Gasteiger partial charge is 0.265 e. The van der Waals surface area contributed by atoms with Crippen molar-refractivity contribution in [3.63, 3.8) is 0 Å². The fourth-order valence-corrected chi connectivity index (χ4v) is 4.36. The summed E-state index contributed by atoms with van der Waals surface area (Å²) in [6, 6.07) is 20.7. The Hall–Kier alpha value is -4.13. The van der Waals surface area contributed by atoms with Gasteiger partial charge < -0.3 is 15.0 Å². The van der Waals surface area contributed by atoms with Crippen molar-refractivity contribution in [3.05, 3.63) is 89.0 Å². The number of para-hydroxylation sites is 2. The van der Waals surface area contributed by atoms with Gasteiger partial charge in [0, 0.05) is 24.3 Å². The Kier molecular flexibility index (Phi) is 5.76. The summed E-state index contributed by atoms with van der Waals surface area (Å²) in [7, 11) is 0. The van der Waals surface area contributed by atoms with Crippen LogP contribution in [0.4, 0.5) is 11.4 Å². The quantitative estimate of drug-likeness (QED) is 0.641. The van der Waals surface area contributed by atoms with Crippen molar-refractivity contribution in [3.8, 4) is 5.75 Å². The van der Waals surface area contributed by atoms with Crippen LogP contribution in [0.1, 0.15) is 27.0 Å². The molecule has 5 rings (SSSR count). The number of amides is 3. The summed E-state index contributed by atoms with van der Waals surface area (Å²) in [6.45, 7) is 2.84. The first kappa shape index (κ1) is 21.7. The Balaban J connectivity index is 1.22. The van der Waals surface area contributed by atoms with Gasteiger partial charge in [-0.3, -0.25) is 19.3 Å². The molecule has 7 heteroatoms. The average molecular weight is 456 g/mol. The number of hydrogen-bond acceptors (Lipinski definition) is 4. The van der Waals surface area contributed by atoms with E-state index in [0.29, 0.717) is 30.1 Å². The van der Waals surface area contributed by atoms with Crippen LogP contribution in [0.5, 0.6) is 5.75 Å². The van der Waals surface area contributed by atoms with Gasteiger partial charge in [0.15, 0.2) is 6.61 Å². The molecule has 172 valence electrons. The van der Waals surface area contributed by atoms with Gasteiger partial charge in [-0.25, -0.2) is 0 Å². The molecule has 34 heavy (non-hydrogen) atoms. The number of fused-ring (bicyclic) bond motifs is 2. The van der Waals surface area contributed by atoms with Gasteiger partial charge in [0.25, 0.3) is 11.8 Å². The third kappa shape index (κ3) is 4.24. The lowest BCUT2D eigenvalue weighted by molar-refractivity contribution is -0.125. The fraction of sp³-hybridized carbons (Fsp3) is 0.222. The van der Waals surface area contributed by atoms with Gasteiger partial charge in [0.05, 0.1) is 5.69 Å². The van der Waals surface area contributed by atoms with Crippen molar-refractivity contribution >= 4 is 29.1 Å². The summed E-state index contributed by atoms with van der Waals surface area (Å²) in [5.41, 5.74) is 5.34. The van der Waals surface area contributed by atoms with Crippen LogP contribution in [0.15, 0.2) is 66.7 Å². The molecule has 0 aromatic heterocycles. The number of benzene rings is 3. The minimum atomic E-state index is -0.248. The van der Waals surface area contributed by atoms with Gasteiger partial charge in [-0.2, -0.15) is 0 Å². The predicted molar refractivity (Wildman–Crippen MR) is 129 cm³/mol. The first-order chi connectivity index (χ1) is 16.5. The van der Waals surface area contributed by atoms with Crippen molar-refractivity contribution < 1.29 is 19.1 Å². The fourth-order valence-electron chi connectivity index (χ4n) is 4.36. The van der Waals surface area contributed by atoms with Crippen molar-refractivity contribution in [2.24, 2.45) is 0 Å². The van der Waals surface area contributed by atoms with Gasteiger partial charge in [-0.05, 0) is 54.8 Å². The first-order valence-electron chi connectivity index (χ1n) is 11.3. The molecular weight excluding hydrogens is 430 g/mol. The molecule has 0 spiro atoms. The molecule has 0 saturated heterocycles. The van der Waals surface area contributed by atoms with Gasteiger partial charge in [0.1, 0.15) is 12.3 Å². The van der Waals surface area contributed by atoms with E-state index in [9.17, 15) is 14.4 Å². The largest absolute Gasteiger partial charge is 0.482 e. The maximum absolute atomic E-state index is 13.0. The second-order valence-electron chi connectivity index (χ2n) is 8.55. The third-order valence-corrected chi connectivity index (χ3v) is 6.18. The number of aryl methyl sites for hydroxylation is 1. The van der Waals surface area contributed by atoms with Crippen molar-refractivity contribution in [1.29, 1.82) is 0 Å². The Morgan fingerprint density at radius 1 is 1.00 bits per heavy atom. The van der Waals surface area contributed by atoms with Crippen LogP contribution in [-0.4, -0.2) is 37.4 Å².